The minimum absolute atomic E-state index is 0.0407. The van der Waals surface area contributed by atoms with Crippen LogP contribution in [0.4, 0.5) is 11.4 Å². The molecule has 0 aromatic heterocycles. The monoisotopic (exact) mass is 469 g/mol. The van der Waals surface area contributed by atoms with Crippen LogP contribution in [0.25, 0.3) is 0 Å². The van der Waals surface area contributed by atoms with Crippen LogP contribution in [0.3, 0.4) is 0 Å². The predicted octanol–water partition coefficient (Wildman–Crippen LogP) is 4.81. The standard InChI is InChI=1S/C23H23N3O4S2/c1-5-30-22(28)21-24-26(18-12-9-13-19(14-18)29-4)23(32-21)25(17-10-7-6-8-11-17)15(2)20(31-23)16(3)27/h6-14H,5H2,1-4H3/t23-/m1/s1. The number of ketones is 1. The van der Waals surface area contributed by atoms with E-state index in [1.165, 1.54) is 23.5 Å². The Labute approximate surface area is 195 Å². The van der Waals surface area contributed by atoms with Crippen molar-refractivity contribution in [3.05, 3.63) is 65.2 Å². The summed E-state index contributed by atoms with van der Waals surface area (Å²) in [5, 5.41) is 6.66. The third kappa shape index (κ3) is 3.75. The van der Waals surface area contributed by atoms with Gasteiger partial charge in [-0.25, -0.2) is 9.80 Å². The molecule has 0 saturated carbocycles. The number of hydrazone groups is 1. The van der Waals surface area contributed by atoms with E-state index in [1.54, 1.807) is 26.0 Å². The van der Waals surface area contributed by atoms with Crippen molar-refractivity contribution in [2.24, 2.45) is 5.10 Å². The van der Waals surface area contributed by atoms with Gasteiger partial charge in [-0.2, -0.15) is 5.10 Å². The average Bonchev–Trinajstić information content (AvgIpc) is 3.32. The molecule has 0 aliphatic carbocycles. The van der Waals surface area contributed by atoms with Crippen LogP contribution in [-0.2, 0) is 14.3 Å². The van der Waals surface area contributed by atoms with Gasteiger partial charge in [0.15, 0.2) is 5.78 Å². The van der Waals surface area contributed by atoms with E-state index in [0.717, 1.165) is 17.1 Å². The van der Waals surface area contributed by atoms with Crippen LogP contribution in [0.5, 0.6) is 5.75 Å². The topological polar surface area (TPSA) is 71.4 Å². The van der Waals surface area contributed by atoms with Gasteiger partial charge < -0.3 is 14.4 Å². The van der Waals surface area contributed by atoms with E-state index in [1.807, 2.05) is 66.4 Å². The molecular weight excluding hydrogens is 446 g/mol. The second-order valence-electron chi connectivity index (χ2n) is 7.03. The van der Waals surface area contributed by atoms with E-state index < -0.39 is 10.3 Å². The number of thioether (sulfide) groups is 2. The number of allylic oxidation sites excluding steroid dienone is 2. The Balaban J connectivity index is 1.90. The number of benzene rings is 2. The maximum Gasteiger partial charge on any atom is 0.365 e. The number of carbonyl (C=O) groups is 2. The van der Waals surface area contributed by atoms with Crippen molar-refractivity contribution in [3.63, 3.8) is 0 Å². The van der Waals surface area contributed by atoms with Crippen molar-refractivity contribution >= 4 is 51.7 Å². The smallest absolute Gasteiger partial charge is 0.365 e. The zero-order chi connectivity index (χ0) is 22.9. The molecule has 1 spiro atoms. The van der Waals surface area contributed by atoms with Crippen LogP contribution in [0.1, 0.15) is 20.8 Å². The summed E-state index contributed by atoms with van der Waals surface area (Å²) in [7, 11) is 1.60. The molecule has 2 aromatic rings. The number of hydrogen-bond acceptors (Lipinski definition) is 9. The van der Waals surface area contributed by atoms with E-state index in [9.17, 15) is 9.59 Å². The van der Waals surface area contributed by atoms with Gasteiger partial charge in [0.1, 0.15) is 5.75 Å². The summed E-state index contributed by atoms with van der Waals surface area (Å²) < 4.78 is 9.70. The molecule has 0 radical (unpaired) electrons. The molecule has 0 bridgehead atoms. The summed E-state index contributed by atoms with van der Waals surface area (Å²) >= 11 is 2.65. The van der Waals surface area contributed by atoms with Gasteiger partial charge in [-0.15, -0.1) is 0 Å². The first kappa shape index (κ1) is 22.3. The molecule has 0 unspecified atom stereocenters. The molecule has 2 heterocycles. The number of anilines is 2. The summed E-state index contributed by atoms with van der Waals surface area (Å²) in [6.45, 7) is 5.47. The number of esters is 1. The summed E-state index contributed by atoms with van der Waals surface area (Å²) in [5.74, 6) is 0.124. The quantitative estimate of drug-likeness (QED) is 0.558. The fourth-order valence-corrected chi connectivity index (χ4v) is 6.56. The Kier molecular flexibility index (Phi) is 6.21. The Bertz CT molecular complexity index is 1120. The minimum Gasteiger partial charge on any atom is -0.497 e. The highest BCUT2D eigenvalue weighted by Crippen LogP contribution is 2.60. The van der Waals surface area contributed by atoms with E-state index in [-0.39, 0.29) is 17.4 Å². The summed E-state index contributed by atoms with van der Waals surface area (Å²) in [5.41, 5.74) is 2.41. The average molecular weight is 470 g/mol. The summed E-state index contributed by atoms with van der Waals surface area (Å²) in [6, 6.07) is 17.2. The first-order chi connectivity index (χ1) is 15.4. The second-order valence-corrected chi connectivity index (χ2v) is 9.63. The zero-order valence-electron chi connectivity index (χ0n) is 18.2. The number of ether oxygens (including phenoxy) is 2. The Hall–Kier alpha value is -2.91. The molecule has 32 heavy (non-hydrogen) atoms. The van der Waals surface area contributed by atoms with Crippen molar-refractivity contribution in [3.8, 4) is 5.75 Å². The highest BCUT2D eigenvalue weighted by molar-refractivity contribution is 8.29. The first-order valence-corrected chi connectivity index (χ1v) is 11.7. The molecule has 2 aromatic carbocycles. The number of para-hydroxylation sites is 1. The van der Waals surface area contributed by atoms with E-state index in [0.29, 0.717) is 10.7 Å². The van der Waals surface area contributed by atoms with Crippen LogP contribution < -0.4 is 14.6 Å². The molecular formula is C23H23N3O4S2. The largest absolute Gasteiger partial charge is 0.497 e. The van der Waals surface area contributed by atoms with Crippen LogP contribution >= 0.6 is 23.5 Å². The van der Waals surface area contributed by atoms with Crippen molar-refractivity contribution in [1.82, 2.24) is 0 Å². The molecule has 0 N–H and O–H groups in total. The third-order valence-electron chi connectivity index (χ3n) is 4.95. The lowest BCUT2D eigenvalue weighted by Gasteiger charge is -2.41. The Morgan fingerprint density at radius 1 is 1.06 bits per heavy atom. The lowest BCUT2D eigenvalue weighted by atomic mass is 10.2. The van der Waals surface area contributed by atoms with Crippen molar-refractivity contribution in [2.75, 3.05) is 23.6 Å². The lowest BCUT2D eigenvalue weighted by Crippen LogP contribution is -2.49. The fourth-order valence-electron chi connectivity index (χ4n) is 3.61. The maximum absolute atomic E-state index is 12.7. The minimum atomic E-state index is -0.957. The number of hydrogen-bond donors (Lipinski definition) is 0. The predicted molar refractivity (Wildman–Crippen MR) is 130 cm³/mol. The van der Waals surface area contributed by atoms with Gasteiger partial charge in [-0.3, -0.25) is 4.79 Å². The first-order valence-electron chi connectivity index (χ1n) is 10.1. The van der Waals surface area contributed by atoms with Crippen molar-refractivity contribution < 1.29 is 19.1 Å². The SMILES string of the molecule is CCOC(=O)C1=NN(c2cccc(OC)c2)[C@@]2(S1)SC(C(C)=O)=C(C)N2c1ccccc1. The molecule has 9 heteroatoms. The summed E-state index contributed by atoms with van der Waals surface area (Å²) in [4.78, 5) is 27.9. The fraction of sp³-hybridized carbons (Fsp3) is 0.261. The summed E-state index contributed by atoms with van der Waals surface area (Å²) in [6.07, 6.45) is 0. The zero-order valence-corrected chi connectivity index (χ0v) is 19.8. The number of Topliss-reactive ketones (excluding diaryl/α,β-unsaturated/α-hetero) is 1. The number of nitrogens with zero attached hydrogens (tertiary/aromatic N) is 3. The molecule has 0 saturated heterocycles. The lowest BCUT2D eigenvalue weighted by molar-refractivity contribution is -0.134. The van der Waals surface area contributed by atoms with Gasteiger partial charge in [0.05, 0.1) is 24.3 Å². The Morgan fingerprint density at radius 3 is 2.44 bits per heavy atom. The van der Waals surface area contributed by atoms with Crippen LogP contribution in [-0.4, -0.2) is 34.8 Å². The van der Waals surface area contributed by atoms with Gasteiger partial charge in [0, 0.05) is 17.5 Å². The van der Waals surface area contributed by atoms with Gasteiger partial charge in [0.25, 0.3) is 0 Å². The highest BCUT2D eigenvalue weighted by atomic mass is 32.2. The molecule has 4 rings (SSSR count). The van der Waals surface area contributed by atoms with Gasteiger partial charge >= 0.3 is 5.97 Å². The molecule has 166 valence electrons. The van der Waals surface area contributed by atoms with Crippen LogP contribution in [0, 0.1) is 0 Å². The highest BCUT2D eigenvalue weighted by Gasteiger charge is 2.57. The molecule has 2 aliphatic heterocycles. The van der Waals surface area contributed by atoms with E-state index in [2.05, 4.69) is 5.10 Å². The second kappa shape index (κ2) is 8.91. The number of rotatable bonds is 6. The molecule has 1 atom stereocenters. The van der Waals surface area contributed by atoms with Gasteiger partial charge in [0.2, 0.25) is 9.37 Å². The third-order valence-corrected chi connectivity index (χ3v) is 7.92. The van der Waals surface area contributed by atoms with Crippen molar-refractivity contribution in [1.29, 1.82) is 0 Å². The Morgan fingerprint density at radius 2 is 1.78 bits per heavy atom. The van der Waals surface area contributed by atoms with Gasteiger partial charge in [-0.05, 0) is 56.8 Å². The molecule has 0 amide bonds. The molecule has 2 aliphatic rings. The van der Waals surface area contributed by atoms with E-state index in [4.69, 9.17) is 9.47 Å². The molecule has 7 nitrogen and oxygen atoms in total. The van der Waals surface area contributed by atoms with Gasteiger partial charge in [-0.1, -0.05) is 36.0 Å². The van der Waals surface area contributed by atoms with Crippen molar-refractivity contribution in [2.45, 2.75) is 25.1 Å². The molecule has 0 fully saturated rings. The maximum atomic E-state index is 12.7. The number of methoxy groups -OCH3 is 1. The van der Waals surface area contributed by atoms with Crippen LogP contribution in [0.2, 0.25) is 0 Å². The van der Waals surface area contributed by atoms with E-state index >= 15 is 0 Å². The van der Waals surface area contributed by atoms with Crippen LogP contribution in [0.15, 0.2) is 70.3 Å². The normalized spacial score (nSPS) is 20.1. The number of carbonyl (C=O) groups excluding carboxylic acids is 2.